The summed E-state index contributed by atoms with van der Waals surface area (Å²) in [6.45, 7) is 1.98. The molecule has 0 saturated carbocycles. The van der Waals surface area contributed by atoms with Gasteiger partial charge in [-0.3, -0.25) is 0 Å². The van der Waals surface area contributed by atoms with Crippen LogP contribution in [0.3, 0.4) is 0 Å². The number of carboxylic acid groups (broad SMARTS) is 1. The zero-order valence-electron chi connectivity index (χ0n) is 9.55. The summed E-state index contributed by atoms with van der Waals surface area (Å²) in [5, 5.41) is 12.7. The molecule has 0 saturated heterocycles. The molecule has 0 aliphatic heterocycles. The lowest BCUT2D eigenvalue weighted by atomic mass is 10.1. The summed E-state index contributed by atoms with van der Waals surface area (Å²) < 4.78 is 1.02. The molecule has 1 aromatic carbocycles. The minimum absolute atomic E-state index is 0.0247. The van der Waals surface area contributed by atoms with Gasteiger partial charge in [0.25, 0.3) is 0 Å². The van der Waals surface area contributed by atoms with Crippen molar-refractivity contribution in [2.24, 2.45) is 0 Å². The van der Waals surface area contributed by atoms with Gasteiger partial charge in [-0.25, -0.2) is 9.78 Å². The van der Waals surface area contributed by atoms with Gasteiger partial charge in [-0.05, 0) is 24.6 Å². The molecule has 1 heterocycles. The molecule has 0 radical (unpaired) electrons. The van der Waals surface area contributed by atoms with E-state index in [0.29, 0.717) is 5.00 Å². The molecular formula is C12H11BrN2O2S. The fraction of sp³-hybridized carbons (Fsp3) is 0.167. The average Bonchev–Trinajstić information content (AvgIpc) is 2.78. The SMILES string of the molecule is CC(Nc1scnc1C(=O)O)c1ccc(Br)cc1. The first-order chi connectivity index (χ1) is 8.58. The molecule has 18 heavy (non-hydrogen) atoms. The quantitative estimate of drug-likeness (QED) is 0.897. The van der Waals surface area contributed by atoms with Crippen LogP contribution in [0.5, 0.6) is 0 Å². The minimum Gasteiger partial charge on any atom is -0.476 e. The molecule has 94 valence electrons. The fourth-order valence-electron chi connectivity index (χ4n) is 1.53. The van der Waals surface area contributed by atoms with E-state index >= 15 is 0 Å². The van der Waals surface area contributed by atoms with Gasteiger partial charge >= 0.3 is 5.97 Å². The molecule has 0 amide bonds. The number of rotatable bonds is 4. The maximum Gasteiger partial charge on any atom is 0.357 e. The molecule has 0 aliphatic rings. The molecule has 2 aromatic rings. The van der Waals surface area contributed by atoms with Gasteiger partial charge in [0.1, 0.15) is 5.00 Å². The third-order valence-corrected chi connectivity index (χ3v) is 3.77. The van der Waals surface area contributed by atoms with Crippen LogP contribution in [0, 0.1) is 0 Å². The minimum atomic E-state index is -1.01. The third kappa shape index (κ3) is 2.88. The van der Waals surface area contributed by atoms with Gasteiger partial charge in [0.2, 0.25) is 0 Å². The second-order valence-corrected chi connectivity index (χ2v) is 5.52. The van der Waals surface area contributed by atoms with Gasteiger partial charge in [0.05, 0.1) is 5.51 Å². The van der Waals surface area contributed by atoms with E-state index in [1.807, 2.05) is 31.2 Å². The first-order valence-corrected chi connectivity index (χ1v) is 6.94. The Labute approximate surface area is 117 Å². The number of nitrogens with zero attached hydrogens (tertiary/aromatic N) is 1. The van der Waals surface area contributed by atoms with Crippen LogP contribution in [-0.2, 0) is 0 Å². The summed E-state index contributed by atoms with van der Waals surface area (Å²) in [6.07, 6.45) is 0. The molecule has 0 fully saturated rings. The number of hydrogen-bond donors (Lipinski definition) is 2. The van der Waals surface area contributed by atoms with Gasteiger partial charge < -0.3 is 10.4 Å². The highest BCUT2D eigenvalue weighted by molar-refractivity contribution is 9.10. The lowest BCUT2D eigenvalue weighted by Gasteiger charge is -2.14. The van der Waals surface area contributed by atoms with Crippen LogP contribution in [0.15, 0.2) is 34.2 Å². The number of aromatic carboxylic acids is 1. The van der Waals surface area contributed by atoms with E-state index in [2.05, 4.69) is 26.2 Å². The van der Waals surface area contributed by atoms with Gasteiger partial charge in [-0.15, -0.1) is 11.3 Å². The van der Waals surface area contributed by atoms with E-state index in [1.165, 1.54) is 16.8 Å². The second-order valence-electron chi connectivity index (χ2n) is 3.75. The van der Waals surface area contributed by atoms with Crippen molar-refractivity contribution >= 4 is 38.2 Å². The van der Waals surface area contributed by atoms with Gasteiger partial charge in [-0.1, -0.05) is 28.1 Å². The molecule has 1 unspecified atom stereocenters. The van der Waals surface area contributed by atoms with Crippen LogP contribution in [-0.4, -0.2) is 16.1 Å². The van der Waals surface area contributed by atoms with E-state index in [-0.39, 0.29) is 11.7 Å². The summed E-state index contributed by atoms with van der Waals surface area (Å²) in [5.41, 5.74) is 2.69. The third-order valence-electron chi connectivity index (χ3n) is 2.49. The summed E-state index contributed by atoms with van der Waals surface area (Å²) in [5.74, 6) is -1.01. The highest BCUT2D eigenvalue weighted by atomic mass is 79.9. The molecular weight excluding hydrogens is 316 g/mol. The monoisotopic (exact) mass is 326 g/mol. The maximum atomic E-state index is 10.9. The van der Waals surface area contributed by atoms with Crippen molar-refractivity contribution in [3.05, 3.63) is 45.5 Å². The number of thiazole rings is 1. The highest BCUT2D eigenvalue weighted by Crippen LogP contribution is 2.26. The van der Waals surface area contributed by atoms with Crippen molar-refractivity contribution in [2.45, 2.75) is 13.0 Å². The predicted octanol–water partition coefficient (Wildman–Crippen LogP) is 3.78. The number of benzene rings is 1. The molecule has 6 heteroatoms. The predicted molar refractivity (Wildman–Crippen MR) is 75.3 cm³/mol. The first kappa shape index (κ1) is 13.0. The normalized spacial score (nSPS) is 12.1. The average molecular weight is 327 g/mol. The van der Waals surface area contributed by atoms with Crippen molar-refractivity contribution in [3.63, 3.8) is 0 Å². The Hall–Kier alpha value is -1.40. The Bertz CT molecular complexity index is 553. The molecule has 0 bridgehead atoms. The Kier molecular flexibility index (Phi) is 3.98. The van der Waals surface area contributed by atoms with E-state index in [0.717, 1.165) is 10.0 Å². The summed E-state index contributed by atoms with van der Waals surface area (Å²) in [6, 6.07) is 7.92. The topological polar surface area (TPSA) is 62.2 Å². The molecule has 1 atom stereocenters. The van der Waals surface area contributed by atoms with E-state index in [1.54, 1.807) is 0 Å². The van der Waals surface area contributed by atoms with Gasteiger partial charge in [0, 0.05) is 10.5 Å². The molecule has 0 aliphatic carbocycles. The van der Waals surface area contributed by atoms with Crippen molar-refractivity contribution in [2.75, 3.05) is 5.32 Å². The Morgan fingerprint density at radius 2 is 2.11 bits per heavy atom. The molecule has 4 nitrogen and oxygen atoms in total. The van der Waals surface area contributed by atoms with Crippen LogP contribution in [0.2, 0.25) is 0 Å². The number of aromatic nitrogens is 1. The molecule has 1 aromatic heterocycles. The van der Waals surface area contributed by atoms with Gasteiger partial charge in [-0.2, -0.15) is 0 Å². The number of halogens is 1. The summed E-state index contributed by atoms with van der Waals surface area (Å²) in [4.78, 5) is 14.8. The zero-order valence-corrected chi connectivity index (χ0v) is 12.0. The number of carbonyl (C=O) groups is 1. The van der Waals surface area contributed by atoms with E-state index in [9.17, 15) is 4.79 Å². The molecule has 2 rings (SSSR count). The van der Waals surface area contributed by atoms with Crippen LogP contribution in [0.25, 0.3) is 0 Å². The second kappa shape index (κ2) is 5.49. The Morgan fingerprint density at radius 1 is 1.44 bits per heavy atom. The Morgan fingerprint density at radius 3 is 2.72 bits per heavy atom. The maximum absolute atomic E-state index is 10.9. The van der Waals surface area contributed by atoms with Crippen LogP contribution < -0.4 is 5.32 Å². The smallest absolute Gasteiger partial charge is 0.357 e. The van der Waals surface area contributed by atoms with Crippen LogP contribution in [0.4, 0.5) is 5.00 Å². The lowest BCUT2D eigenvalue weighted by Crippen LogP contribution is -2.09. The molecule has 2 N–H and O–H groups in total. The number of carboxylic acids is 1. The number of nitrogens with one attached hydrogen (secondary N) is 1. The van der Waals surface area contributed by atoms with Crippen LogP contribution in [0.1, 0.15) is 29.0 Å². The first-order valence-electron chi connectivity index (χ1n) is 5.26. The van der Waals surface area contributed by atoms with Crippen molar-refractivity contribution in [1.29, 1.82) is 0 Å². The molecule has 0 spiro atoms. The largest absolute Gasteiger partial charge is 0.476 e. The summed E-state index contributed by atoms with van der Waals surface area (Å²) in [7, 11) is 0. The van der Waals surface area contributed by atoms with Crippen molar-refractivity contribution in [3.8, 4) is 0 Å². The number of hydrogen-bond acceptors (Lipinski definition) is 4. The van der Waals surface area contributed by atoms with E-state index in [4.69, 9.17) is 5.11 Å². The van der Waals surface area contributed by atoms with Crippen molar-refractivity contribution < 1.29 is 9.90 Å². The number of anilines is 1. The van der Waals surface area contributed by atoms with E-state index < -0.39 is 5.97 Å². The lowest BCUT2D eigenvalue weighted by molar-refractivity contribution is 0.0692. The highest BCUT2D eigenvalue weighted by Gasteiger charge is 2.15. The standard InChI is InChI=1S/C12H11BrN2O2S/c1-7(8-2-4-9(13)5-3-8)15-11-10(12(16)17)14-6-18-11/h2-7,15H,1H3,(H,16,17). The Balaban J connectivity index is 2.16. The van der Waals surface area contributed by atoms with Crippen LogP contribution >= 0.6 is 27.3 Å². The summed E-state index contributed by atoms with van der Waals surface area (Å²) >= 11 is 4.67. The van der Waals surface area contributed by atoms with Gasteiger partial charge in [0.15, 0.2) is 5.69 Å². The van der Waals surface area contributed by atoms with Crippen molar-refractivity contribution in [1.82, 2.24) is 4.98 Å². The fourth-order valence-corrected chi connectivity index (χ4v) is 2.56. The zero-order chi connectivity index (χ0) is 13.1.